The predicted octanol–water partition coefficient (Wildman–Crippen LogP) is 1.06. The number of aliphatic imine (C=N–C) groups is 1. The van der Waals surface area contributed by atoms with Gasteiger partial charge in [-0.25, -0.2) is 0 Å². The summed E-state index contributed by atoms with van der Waals surface area (Å²) in [5.74, 6) is 1.75. The Labute approximate surface area is 182 Å². The first-order chi connectivity index (χ1) is 12.6. The molecule has 2 fully saturated rings. The van der Waals surface area contributed by atoms with Crippen LogP contribution in [0.4, 0.5) is 0 Å². The van der Waals surface area contributed by atoms with Gasteiger partial charge in [0.2, 0.25) is 5.91 Å². The molecule has 2 rings (SSSR count). The molecule has 2 aliphatic heterocycles. The maximum Gasteiger partial charge on any atom is 0.222 e. The minimum absolute atomic E-state index is 0. The van der Waals surface area contributed by atoms with Crippen molar-refractivity contribution < 1.29 is 4.79 Å². The van der Waals surface area contributed by atoms with Gasteiger partial charge in [-0.2, -0.15) is 0 Å². The van der Waals surface area contributed by atoms with E-state index in [-0.39, 0.29) is 24.0 Å². The Kier molecular flexibility index (Phi) is 12.3. The lowest BCUT2D eigenvalue weighted by molar-refractivity contribution is -0.127. The lowest BCUT2D eigenvalue weighted by Crippen LogP contribution is -2.46. The molecule has 1 amide bonds. The lowest BCUT2D eigenvalue weighted by Gasteiger charge is -2.33. The molecule has 0 aromatic rings. The largest absolute Gasteiger partial charge is 0.357 e. The monoisotopic (exact) mass is 494 g/mol. The van der Waals surface area contributed by atoms with Crippen LogP contribution in [0.3, 0.4) is 0 Å². The maximum absolute atomic E-state index is 11.6. The summed E-state index contributed by atoms with van der Waals surface area (Å²) in [6.45, 7) is 14.5. The highest BCUT2D eigenvalue weighted by atomic mass is 127. The number of nitrogens with one attached hydrogen (secondary N) is 2. The van der Waals surface area contributed by atoms with Gasteiger partial charge in [-0.1, -0.05) is 6.92 Å². The number of likely N-dealkylation sites (N-methyl/N-ethyl adjacent to an activating group) is 1. The van der Waals surface area contributed by atoms with Gasteiger partial charge >= 0.3 is 0 Å². The predicted molar refractivity (Wildman–Crippen MR) is 123 cm³/mol. The topological polar surface area (TPSA) is 63.2 Å². The standard InChI is InChI=1S/C19H38N6O.HI/c1-4-20-19(21-8-6-10-25-9-5-7-18(25)26)22-15-17(2)16-24-13-11-23(3)12-14-24;/h17H,4-16H2,1-3H3,(H2,20,21,22);1H. The number of carbonyl (C=O) groups is 1. The number of hydrogen-bond donors (Lipinski definition) is 2. The molecule has 1 atom stereocenters. The van der Waals surface area contributed by atoms with Crippen LogP contribution in [0.25, 0.3) is 0 Å². The van der Waals surface area contributed by atoms with Crippen LogP contribution in [0.5, 0.6) is 0 Å². The lowest BCUT2D eigenvalue weighted by atomic mass is 10.1. The van der Waals surface area contributed by atoms with E-state index in [4.69, 9.17) is 4.99 Å². The highest BCUT2D eigenvalue weighted by Gasteiger charge is 2.19. The Morgan fingerprint density at radius 1 is 1.19 bits per heavy atom. The van der Waals surface area contributed by atoms with E-state index < -0.39 is 0 Å². The molecule has 2 heterocycles. The first-order valence-corrected chi connectivity index (χ1v) is 10.3. The third kappa shape index (κ3) is 9.43. The van der Waals surface area contributed by atoms with Crippen molar-refractivity contribution in [1.29, 1.82) is 0 Å². The van der Waals surface area contributed by atoms with Crippen LogP contribution in [-0.4, -0.2) is 99.1 Å². The Morgan fingerprint density at radius 3 is 2.56 bits per heavy atom. The van der Waals surface area contributed by atoms with E-state index in [2.05, 4.69) is 41.3 Å². The second-order valence-corrected chi connectivity index (χ2v) is 7.69. The van der Waals surface area contributed by atoms with Crippen LogP contribution in [0.2, 0.25) is 0 Å². The Balaban J connectivity index is 0.00000364. The van der Waals surface area contributed by atoms with Gasteiger partial charge in [0.15, 0.2) is 5.96 Å². The number of rotatable bonds is 9. The van der Waals surface area contributed by atoms with Crippen molar-refractivity contribution >= 4 is 35.8 Å². The molecule has 27 heavy (non-hydrogen) atoms. The van der Waals surface area contributed by atoms with Gasteiger partial charge in [0.1, 0.15) is 0 Å². The fraction of sp³-hybridized carbons (Fsp3) is 0.895. The quantitative estimate of drug-likeness (QED) is 0.217. The number of nitrogens with zero attached hydrogens (tertiary/aromatic N) is 4. The molecule has 0 aromatic heterocycles. The summed E-state index contributed by atoms with van der Waals surface area (Å²) in [6, 6.07) is 0. The molecule has 2 saturated heterocycles. The molecule has 0 aliphatic carbocycles. The van der Waals surface area contributed by atoms with Crippen LogP contribution in [0.1, 0.15) is 33.1 Å². The normalized spacial score (nSPS) is 20.5. The van der Waals surface area contributed by atoms with Gasteiger partial charge in [0.05, 0.1) is 0 Å². The third-order valence-electron chi connectivity index (χ3n) is 5.14. The zero-order valence-corrected chi connectivity index (χ0v) is 19.7. The van der Waals surface area contributed by atoms with Crippen LogP contribution in [0, 0.1) is 5.92 Å². The highest BCUT2D eigenvalue weighted by Crippen LogP contribution is 2.09. The van der Waals surface area contributed by atoms with Crippen LogP contribution in [0.15, 0.2) is 4.99 Å². The number of piperazine rings is 1. The molecule has 7 nitrogen and oxygen atoms in total. The number of amides is 1. The Bertz CT molecular complexity index is 453. The molecule has 1 unspecified atom stereocenters. The molecule has 2 aliphatic rings. The van der Waals surface area contributed by atoms with Gasteiger partial charge in [-0.3, -0.25) is 9.79 Å². The molecule has 0 spiro atoms. The summed E-state index contributed by atoms with van der Waals surface area (Å²) >= 11 is 0. The summed E-state index contributed by atoms with van der Waals surface area (Å²) in [4.78, 5) is 23.3. The smallest absolute Gasteiger partial charge is 0.222 e. The van der Waals surface area contributed by atoms with Crippen molar-refractivity contribution in [2.45, 2.75) is 33.1 Å². The molecular formula is C19H39IN6O. The molecule has 8 heteroatoms. The van der Waals surface area contributed by atoms with Crippen molar-refractivity contribution in [3.63, 3.8) is 0 Å². The fourth-order valence-electron chi connectivity index (χ4n) is 3.53. The van der Waals surface area contributed by atoms with E-state index in [1.165, 1.54) is 13.1 Å². The van der Waals surface area contributed by atoms with Gasteiger partial charge < -0.3 is 25.3 Å². The molecule has 158 valence electrons. The number of likely N-dealkylation sites (tertiary alicyclic amines) is 1. The van der Waals surface area contributed by atoms with Crippen LogP contribution in [-0.2, 0) is 4.79 Å². The van der Waals surface area contributed by atoms with E-state index in [1.54, 1.807) is 0 Å². The molecule has 0 aromatic carbocycles. The molecule has 0 saturated carbocycles. The minimum Gasteiger partial charge on any atom is -0.357 e. The zero-order chi connectivity index (χ0) is 18.8. The second kappa shape index (κ2) is 13.5. The number of hydrogen-bond acceptors (Lipinski definition) is 4. The van der Waals surface area contributed by atoms with Crippen molar-refractivity contribution in [3.8, 4) is 0 Å². The average molecular weight is 494 g/mol. The first kappa shape index (κ1) is 24.4. The van der Waals surface area contributed by atoms with E-state index in [1.807, 2.05) is 4.90 Å². The van der Waals surface area contributed by atoms with E-state index in [9.17, 15) is 4.79 Å². The zero-order valence-electron chi connectivity index (χ0n) is 17.4. The molecular weight excluding hydrogens is 455 g/mol. The van der Waals surface area contributed by atoms with Crippen molar-refractivity contribution in [3.05, 3.63) is 0 Å². The highest BCUT2D eigenvalue weighted by molar-refractivity contribution is 14.0. The summed E-state index contributed by atoms with van der Waals surface area (Å²) in [7, 11) is 2.19. The van der Waals surface area contributed by atoms with Crippen molar-refractivity contribution in [1.82, 2.24) is 25.3 Å². The molecule has 2 N–H and O–H groups in total. The number of carbonyl (C=O) groups excluding carboxylic acids is 1. The second-order valence-electron chi connectivity index (χ2n) is 7.69. The van der Waals surface area contributed by atoms with Crippen LogP contribution < -0.4 is 10.6 Å². The van der Waals surface area contributed by atoms with E-state index in [0.717, 1.165) is 77.6 Å². The van der Waals surface area contributed by atoms with Gasteiger partial charge in [0, 0.05) is 71.9 Å². The molecule has 0 bridgehead atoms. The first-order valence-electron chi connectivity index (χ1n) is 10.3. The third-order valence-corrected chi connectivity index (χ3v) is 5.14. The summed E-state index contributed by atoms with van der Waals surface area (Å²) < 4.78 is 0. The SMILES string of the molecule is CCNC(=NCC(C)CN1CCN(C)CC1)NCCCN1CCCC1=O.I. The van der Waals surface area contributed by atoms with Gasteiger partial charge in [-0.15, -0.1) is 24.0 Å². The van der Waals surface area contributed by atoms with Crippen molar-refractivity contribution in [2.75, 3.05) is 72.5 Å². The van der Waals surface area contributed by atoms with Crippen molar-refractivity contribution in [2.24, 2.45) is 10.9 Å². The van der Waals surface area contributed by atoms with Crippen LogP contribution >= 0.6 is 24.0 Å². The van der Waals surface area contributed by atoms with Gasteiger partial charge in [-0.05, 0) is 32.7 Å². The Hall–Kier alpha value is -0.610. The number of guanidine groups is 1. The van der Waals surface area contributed by atoms with E-state index >= 15 is 0 Å². The maximum atomic E-state index is 11.6. The van der Waals surface area contributed by atoms with E-state index in [0.29, 0.717) is 11.8 Å². The average Bonchev–Trinajstić information content (AvgIpc) is 3.03. The minimum atomic E-state index is 0. The summed E-state index contributed by atoms with van der Waals surface area (Å²) in [6.07, 6.45) is 2.71. The van der Waals surface area contributed by atoms with Gasteiger partial charge in [0.25, 0.3) is 0 Å². The number of halogens is 1. The summed E-state index contributed by atoms with van der Waals surface area (Å²) in [5.41, 5.74) is 0. The fourth-order valence-corrected chi connectivity index (χ4v) is 3.53. The Morgan fingerprint density at radius 2 is 1.93 bits per heavy atom. The molecule has 0 radical (unpaired) electrons. The summed E-state index contributed by atoms with van der Waals surface area (Å²) in [5, 5.41) is 6.73.